The van der Waals surface area contributed by atoms with Gasteiger partial charge in [0.05, 0.1) is 23.9 Å². The SMILES string of the molecule is COC(=O)c1c(NC(=O)CSc2nnc3cc(C)c4ccccc4n23)sc2c1CCCCC2. The highest BCUT2D eigenvalue weighted by Gasteiger charge is 2.26. The van der Waals surface area contributed by atoms with Gasteiger partial charge in [-0.1, -0.05) is 36.4 Å². The number of thiophene rings is 1. The molecule has 3 heterocycles. The number of fused-ring (bicyclic) bond motifs is 4. The average Bonchev–Trinajstić information content (AvgIpc) is 3.30. The summed E-state index contributed by atoms with van der Waals surface area (Å²) in [5.41, 5.74) is 4.46. The number of rotatable bonds is 5. The standard InChI is InChI=1S/C24H24N4O3S2/c1-14-12-19-26-27-24(28(19)17-10-7-6-8-15(14)17)32-13-20(29)25-22-21(23(30)31-2)16-9-4-3-5-11-18(16)33-22/h6-8,10,12H,3-5,9,11,13H2,1-2H3,(H,25,29). The average molecular weight is 481 g/mol. The molecule has 0 radical (unpaired) electrons. The number of hydrogen-bond acceptors (Lipinski definition) is 7. The summed E-state index contributed by atoms with van der Waals surface area (Å²) in [5, 5.41) is 13.9. The van der Waals surface area contributed by atoms with Gasteiger partial charge in [-0.05, 0) is 55.9 Å². The van der Waals surface area contributed by atoms with Crippen LogP contribution in [0.3, 0.4) is 0 Å². The van der Waals surface area contributed by atoms with Crippen molar-refractivity contribution >= 4 is 56.5 Å². The fourth-order valence-electron chi connectivity index (χ4n) is 4.41. The number of aromatic nitrogens is 3. The van der Waals surface area contributed by atoms with Crippen LogP contribution in [0.15, 0.2) is 35.5 Å². The first-order chi connectivity index (χ1) is 16.1. The van der Waals surface area contributed by atoms with Gasteiger partial charge in [0.1, 0.15) is 5.00 Å². The van der Waals surface area contributed by atoms with Crippen LogP contribution in [-0.2, 0) is 22.4 Å². The van der Waals surface area contributed by atoms with Crippen molar-refractivity contribution in [3.05, 3.63) is 51.9 Å². The molecule has 9 heteroatoms. The number of benzene rings is 1. The molecular weight excluding hydrogens is 456 g/mol. The summed E-state index contributed by atoms with van der Waals surface area (Å²) in [6.45, 7) is 2.05. The van der Waals surface area contributed by atoms with Crippen molar-refractivity contribution in [1.29, 1.82) is 0 Å². The van der Waals surface area contributed by atoms with Crippen LogP contribution in [0, 0.1) is 6.92 Å². The van der Waals surface area contributed by atoms with Gasteiger partial charge >= 0.3 is 5.97 Å². The molecule has 0 atom stereocenters. The van der Waals surface area contributed by atoms with Gasteiger partial charge in [0.2, 0.25) is 5.91 Å². The molecule has 170 valence electrons. The van der Waals surface area contributed by atoms with Crippen LogP contribution in [0.25, 0.3) is 16.6 Å². The van der Waals surface area contributed by atoms with Gasteiger partial charge in [-0.25, -0.2) is 4.79 Å². The second-order valence-corrected chi connectivity index (χ2v) is 10.2. The maximum atomic E-state index is 12.9. The van der Waals surface area contributed by atoms with Crippen molar-refractivity contribution in [2.75, 3.05) is 18.2 Å². The molecule has 5 rings (SSSR count). The molecule has 3 aromatic heterocycles. The summed E-state index contributed by atoms with van der Waals surface area (Å²) in [5.74, 6) is -0.413. The molecule has 1 N–H and O–H groups in total. The van der Waals surface area contributed by atoms with Crippen molar-refractivity contribution < 1.29 is 14.3 Å². The minimum Gasteiger partial charge on any atom is -0.465 e. The molecule has 33 heavy (non-hydrogen) atoms. The first-order valence-corrected chi connectivity index (χ1v) is 12.8. The van der Waals surface area contributed by atoms with Crippen LogP contribution in [0.1, 0.15) is 45.6 Å². The van der Waals surface area contributed by atoms with E-state index in [-0.39, 0.29) is 17.6 Å². The first-order valence-electron chi connectivity index (χ1n) is 11.0. The van der Waals surface area contributed by atoms with Crippen LogP contribution in [0.5, 0.6) is 0 Å². The van der Waals surface area contributed by atoms with Crippen LogP contribution in [0.4, 0.5) is 5.00 Å². The highest BCUT2D eigenvalue weighted by molar-refractivity contribution is 7.99. The molecule has 0 spiro atoms. The van der Waals surface area contributed by atoms with Gasteiger partial charge in [-0.15, -0.1) is 21.5 Å². The van der Waals surface area contributed by atoms with Crippen molar-refractivity contribution in [3.63, 3.8) is 0 Å². The smallest absolute Gasteiger partial charge is 0.341 e. The zero-order chi connectivity index (χ0) is 22.9. The van der Waals surface area contributed by atoms with Gasteiger partial charge < -0.3 is 10.1 Å². The number of para-hydroxylation sites is 1. The number of thioether (sulfide) groups is 1. The van der Waals surface area contributed by atoms with Crippen molar-refractivity contribution in [2.24, 2.45) is 0 Å². The summed E-state index contributed by atoms with van der Waals surface area (Å²) < 4.78 is 7.01. The lowest BCUT2D eigenvalue weighted by atomic mass is 10.1. The van der Waals surface area contributed by atoms with Crippen molar-refractivity contribution in [2.45, 2.75) is 44.2 Å². The number of carbonyl (C=O) groups excluding carboxylic acids is 2. The van der Waals surface area contributed by atoms with Crippen molar-refractivity contribution in [1.82, 2.24) is 14.6 Å². The Balaban J connectivity index is 1.38. The van der Waals surface area contributed by atoms with Crippen molar-refractivity contribution in [3.8, 4) is 0 Å². The minimum atomic E-state index is -0.386. The highest BCUT2D eigenvalue weighted by Crippen LogP contribution is 2.38. The number of carbonyl (C=O) groups is 2. The second-order valence-electron chi connectivity index (χ2n) is 8.12. The Morgan fingerprint density at radius 1 is 1.18 bits per heavy atom. The Kier molecular flexibility index (Phi) is 6.07. The molecule has 0 saturated heterocycles. The monoisotopic (exact) mass is 480 g/mol. The van der Waals surface area contributed by atoms with Crippen LogP contribution in [0.2, 0.25) is 0 Å². The molecule has 1 amide bonds. The summed E-state index contributed by atoms with van der Waals surface area (Å²) in [7, 11) is 1.38. The van der Waals surface area contributed by atoms with E-state index >= 15 is 0 Å². The van der Waals surface area contributed by atoms with E-state index in [0.29, 0.717) is 15.7 Å². The number of esters is 1. The lowest BCUT2D eigenvalue weighted by Gasteiger charge is -2.08. The molecule has 7 nitrogen and oxygen atoms in total. The Morgan fingerprint density at radius 2 is 2.00 bits per heavy atom. The zero-order valence-corrected chi connectivity index (χ0v) is 20.1. The Morgan fingerprint density at radius 3 is 2.85 bits per heavy atom. The molecule has 1 aliphatic rings. The molecule has 0 saturated carbocycles. The topological polar surface area (TPSA) is 85.6 Å². The van der Waals surface area contributed by atoms with E-state index in [0.717, 1.165) is 59.8 Å². The molecule has 4 aromatic rings. The van der Waals surface area contributed by atoms with E-state index in [4.69, 9.17) is 4.74 Å². The fraction of sp³-hybridized carbons (Fsp3) is 0.333. The lowest BCUT2D eigenvalue weighted by Crippen LogP contribution is -2.16. The summed E-state index contributed by atoms with van der Waals surface area (Å²) in [6.07, 6.45) is 5.09. The van der Waals surface area contributed by atoms with E-state index in [1.54, 1.807) is 0 Å². The van der Waals surface area contributed by atoms with E-state index < -0.39 is 0 Å². The number of hydrogen-bond donors (Lipinski definition) is 1. The molecule has 0 aliphatic heterocycles. The third-order valence-corrected chi connectivity index (χ3v) is 8.11. The number of methoxy groups -OCH3 is 1. The quantitative estimate of drug-likeness (QED) is 0.245. The Hall–Kier alpha value is -2.91. The van der Waals surface area contributed by atoms with Crippen LogP contribution < -0.4 is 5.32 Å². The van der Waals surface area contributed by atoms with E-state index in [2.05, 4.69) is 28.5 Å². The molecule has 0 unspecified atom stereocenters. The summed E-state index contributed by atoms with van der Waals surface area (Å²) >= 11 is 2.83. The third-order valence-electron chi connectivity index (χ3n) is 5.97. The van der Waals surface area contributed by atoms with Gasteiger partial charge in [0.15, 0.2) is 10.8 Å². The number of nitrogens with one attached hydrogen (secondary N) is 1. The third kappa shape index (κ3) is 4.11. The zero-order valence-electron chi connectivity index (χ0n) is 18.5. The van der Waals surface area contributed by atoms with E-state index in [1.807, 2.05) is 28.7 Å². The normalized spacial score (nSPS) is 13.6. The minimum absolute atomic E-state index is 0.159. The summed E-state index contributed by atoms with van der Waals surface area (Å²) in [6, 6.07) is 10.1. The number of nitrogens with zero attached hydrogens (tertiary/aromatic N) is 3. The summed E-state index contributed by atoms with van der Waals surface area (Å²) in [4.78, 5) is 26.6. The predicted molar refractivity (Wildman–Crippen MR) is 132 cm³/mol. The number of pyridine rings is 1. The predicted octanol–water partition coefficient (Wildman–Crippen LogP) is 5.04. The molecule has 0 bridgehead atoms. The maximum absolute atomic E-state index is 12.9. The molecule has 1 aliphatic carbocycles. The number of ether oxygens (including phenoxy) is 1. The van der Waals surface area contributed by atoms with Gasteiger partial charge in [0, 0.05) is 10.3 Å². The first kappa shape index (κ1) is 21.9. The van der Waals surface area contributed by atoms with Crippen LogP contribution in [-0.4, -0.2) is 39.3 Å². The maximum Gasteiger partial charge on any atom is 0.341 e. The van der Waals surface area contributed by atoms with Gasteiger partial charge in [-0.2, -0.15) is 0 Å². The van der Waals surface area contributed by atoms with Gasteiger partial charge in [0.25, 0.3) is 0 Å². The second kappa shape index (κ2) is 9.15. The van der Waals surface area contributed by atoms with E-state index in [1.165, 1.54) is 35.1 Å². The largest absolute Gasteiger partial charge is 0.465 e. The molecule has 0 fully saturated rings. The Bertz CT molecular complexity index is 1380. The fourth-order valence-corrected chi connectivity index (χ4v) is 6.46. The number of aryl methyl sites for hydroxylation is 2. The number of amides is 1. The molecular formula is C24H24N4O3S2. The Labute approximate surface area is 199 Å². The highest BCUT2D eigenvalue weighted by atomic mass is 32.2. The van der Waals surface area contributed by atoms with Crippen LogP contribution >= 0.6 is 23.1 Å². The molecule has 1 aromatic carbocycles. The number of anilines is 1. The van der Waals surface area contributed by atoms with Gasteiger partial charge in [-0.3, -0.25) is 9.20 Å². The van der Waals surface area contributed by atoms with E-state index in [9.17, 15) is 9.59 Å². The lowest BCUT2D eigenvalue weighted by molar-refractivity contribution is -0.113.